The fourth-order valence-corrected chi connectivity index (χ4v) is 2.11. The summed E-state index contributed by atoms with van der Waals surface area (Å²) in [5.41, 5.74) is 6.81. The molecular weight excluding hydrogens is 266 g/mol. The average Bonchev–Trinajstić information content (AvgIpc) is 2.50. The molecule has 1 aromatic carbocycles. The molecule has 0 radical (unpaired) electrons. The molecule has 5 nitrogen and oxygen atoms in total. The van der Waals surface area contributed by atoms with Crippen LogP contribution in [-0.4, -0.2) is 30.8 Å². The van der Waals surface area contributed by atoms with Gasteiger partial charge in [0.05, 0.1) is 6.04 Å². The molecule has 0 aliphatic rings. The van der Waals surface area contributed by atoms with E-state index in [0.717, 1.165) is 19.4 Å². The number of benzene rings is 1. The lowest BCUT2D eigenvalue weighted by atomic mass is 10.0. The second-order valence-corrected chi connectivity index (χ2v) is 4.95. The van der Waals surface area contributed by atoms with Gasteiger partial charge in [0.1, 0.15) is 5.78 Å². The van der Waals surface area contributed by atoms with Crippen LogP contribution >= 0.6 is 0 Å². The number of ketones is 1. The lowest BCUT2D eigenvalue weighted by molar-refractivity contribution is -0.120. The molecule has 1 amide bonds. The quantitative estimate of drug-likeness (QED) is 0.478. The number of rotatable bonds is 9. The standard InChI is InChI=1S/C16H25N3O2/c1-3-15(20)14(18-4-2)6-5-11-19-16(21)12-7-9-13(17)10-8-12/h7-10,14,18H,3-6,11,17H2,1-2H3,(H,19,21)/t14-/m0/s1. The molecule has 1 atom stereocenters. The molecular formula is C16H25N3O2. The van der Waals surface area contributed by atoms with Gasteiger partial charge in [-0.25, -0.2) is 0 Å². The Balaban J connectivity index is 2.33. The van der Waals surface area contributed by atoms with Crippen molar-refractivity contribution in [3.8, 4) is 0 Å². The fraction of sp³-hybridized carbons (Fsp3) is 0.500. The number of nitrogens with one attached hydrogen (secondary N) is 2. The SMILES string of the molecule is CCN[C@@H](CCCNC(=O)c1ccc(N)cc1)C(=O)CC. The van der Waals surface area contributed by atoms with Crippen LogP contribution in [0.4, 0.5) is 5.69 Å². The van der Waals surface area contributed by atoms with Crippen LogP contribution in [0.1, 0.15) is 43.5 Å². The van der Waals surface area contributed by atoms with E-state index in [4.69, 9.17) is 5.73 Å². The first kappa shape index (κ1) is 17.2. The third-order valence-corrected chi connectivity index (χ3v) is 3.32. The first-order valence-electron chi connectivity index (χ1n) is 7.48. The van der Waals surface area contributed by atoms with Gasteiger partial charge in [-0.2, -0.15) is 0 Å². The first-order valence-corrected chi connectivity index (χ1v) is 7.48. The van der Waals surface area contributed by atoms with E-state index in [0.29, 0.717) is 24.2 Å². The molecule has 0 aliphatic carbocycles. The number of carbonyl (C=O) groups excluding carboxylic acids is 2. The molecule has 0 saturated heterocycles. The molecule has 1 rings (SSSR count). The number of hydrogen-bond acceptors (Lipinski definition) is 4. The zero-order valence-electron chi connectivity index (χ0n) is 12.8. The lowest BCUT2D eigenvalue weighted by Crippen LogP contribution is -2.37. The third kappa shape index (κ3) is 5.95. The molecule has 0 fully saturated rings. The zero-order chi connectivity index (χ0) is 15.7. The maximum atomic E-state index is 11.9. The Morgan fingerprint density at radius 2 is 1.86 bits per heavy atom. The van der Waals surface area contributed by atoms with Crippen molar-refractivity contribution in [2.24, 2.45) is 0 Å². The molecule has 1 aromatic rings. The van der Waals surface area contributed by atoms with Gasteiger partial charge in [-0.1, -0.05) is 13.8 Å². The highest BCUT2D eigenvalue weighted by Gasteiger charge is 2.14. The second-order valence-electron chi connectivity index (χ2n) is 4.95. The molecule has 0 unspecified atom stereocenters. The van der Waals surface area contributed by atoms with Gasteiger partial charge in [-0.15, -0.1) is 0 Å². The lowest BCUT2D eigenvalue weighted by Gasteiger charge is -2.15. The number of amides is 1. The van der Waals surface area contributed by atoms with E-state index < -0.39 is 0 Å². The van der Waals surface area contributed by atoms with Gasteiger partial charge in [0, 0.05) is 24.2 Å². The Kier molecular flexibility index (Phi) is 7.46. The summed E-state index contributed by atoms with van der Waals surface area (Å²) in [4.78, 5) is 23.6. The van der Waals surface area contributed by atoms with Crippen molar-refractivity contribution in [1.82, 2.24) is 10.6 Å². The molecule has 0 bridgehead atoms. The number of anilines is 1. The van der Waals surface area contributed by atoms with Crippen LogP contribution in [0.3, 0.4) is 0 Å². The maximum absolute atomic E-state index is 11.9. The van der Waals surface area contributed by atoms with Crippen LogP contribution in [0.5, 0.6) is 0 Å². The number of carbonyl (C=O) groups is 2. The van der Waals surface area contributed by atoms with Gasteiger partial charge >= 0.3 is 0 Å². The summed E-state index contributed by atoms with van der Waals surface area (Å²) in [5, 5.41) is 6.04. The van der Waals surface area contributed by atoms with E-state index in [-0.39, 0.29) is 17.7 Å². The number of likely N-dealkylation sites (N-methyl/N-ethyl adjacent to an activating group) is 1. The smallest absolute Gasteiger partial charge is 0.251 e. The average molecular weight is 291 g/mol. The van der Waals surface area contributed by atoms with E-state index in [9.17, 15) is 9.59 Å². The van der Waals surface area contributed by atoms with E-state index >= 15 is 0 Å². The molecule has 0 heterocycles. The topological polar surface area (TPSA) is 84.2 Å². The summed E-state index contributed by atoms with van der Waals surface area (Å²) in [5.74, 6) is 0.110. The predicted molar refractivity (Wildman–Crippen MR) is 85.2 cm³/mol. The summed E-state index contributed by atoms with van der Waals surface area (Å²) in [6.45, 7) is 5.19. The molecule has 4 N–H and O–H groups in total. The molecule has 116 valence electrons. The molecule has 0 saturated carbocycles. The zero-order valence-corrected chi connectivity index (χ0v) is 12.8. The summed E-state index contributed by atoms with van der Waals surface area (Å²) >= 11 is 0. The van der Waals surface area contributed by atoms with Crippen molar-refractivity contribution >= 4 is 17.4 Å². The van der Waals surface area contributed by atoms with Crippen molar-refractivity contribution < 1.29 is 9.59 Å². The first-order chi connectivity index (χ1) is 10.1. The van der Waals surface area contributed by atoms with Crippen molar-refractivity contribution in [3.63, 3.8) is 0 Å². The number of nitrogen functional groups attached to an aromatic ring is 1. The Morgan fingerprint density at radius 3 is 2.43 bits per heavy atom. The van der Waals surface area contributed by atoms with Crippen molar-refractivity contribution in [2.75, 3.05) is 18.8 Å². The number of nitrogens with two attached hydrogens (primary N) is 1. The van der Waals surface area contributed by atoms with Crippen LogP contribution in [0.2, 0.25) is 0 Å². The highest BCUT2D eigenvalue weighted by Crippen LogP contribution is 2.05. The number of hydrogen-bond donors (Lipinski definition) is 3. The molecule has 0 aliphatic heterocycles. The monoisotopic (exact) mass is 291 g/mol. The van der Waals surface area contributed by atoms with Gasteiger partial charge in [-0.3, -0.25) is 9.59 Å². The largest absolute Gasteiger partial charge is 0.399 e. The molecule has 0 spiro atoms. The van der Waals surface area contributed by atoms with Crippen molar-refractivity contribution in [3.05, 3.63) is 29.8 Å². The van der Waals surface area contributed by atoms with Crippen LogP contribution in [0, 0.1) is 0 Å². The van der Waals surface area contributed by atoms with E-state index in [1.54, 1.807) is 24.3 Å². The summed E-state index contributed by atoms with van der Waals surface area (Å²) in [6, 6.07) is 6.71. The second kappa shape index (κ2) is 9.13. The predicted octanol–water partition coefficient (Wildman–Crippen LogP) is 1.74. The van der Waals surface area contributed by atoms with Gasteiger partial charge in [0.25, 0.3) is 5.91 Å². The van der Waals surface area contributed by atoms with E-state index in [1.165, 1.54) is 0 Å². The van der Waals surface area contributed by atoms with Crippen LogP contribution in [0.25, 0.3) is 0 Å². The molecule has 5 heteroatoms. The van der Waals surface area contributed by atoms with Crippen molar-refractivity contribution in [1.29, 1.82) is 0 Å². The fourth-order valence-electron chi connectivity index (χ4n) is 2.11. The minimum absolute atomic E-state index is 0.103. The van der Waals surface area contributed by atoms with E-state index in [2.05, 4.69) is 10.6 Å². The normalized spacial score (nSPS) is 11.9. The van der Waals surface area contributed by atoms with E-state index in [1.807, 2.05) is 13.8 Å². The highest BCUT2D eigenvalue weighted by atomic mass is 16.1. The van der Waals surface area contributed by atoms with Gasteiger partial charge < -0.3 is 16.4 Å². The summed E-state index contributed by atoms with van der Waals surface area (Å²) in [6.07, 6.45) is 2.04. The molecule has 0 aromatic heterocycles. The van der Waals surface area contributed by atoms with Gasteiger partial charge in [0.15, 0.2) is 0 Å². The van der Waals surface area contributed by atoms with Crippen molar-refractivity contribution in [2.45, 2.75) is 39.2 Å². The van der Waals surface area contributed by atoms with Gasteiger partial charge in [-0.05, 0) is 43.7 Å². The maximum Gasteiger partial charge on any atom is 0.251 e. The summed E-state index contributed by atoms with van der Waals surface area (Å²) in [7, 11) is 0. The Morgan fingerprint density at radius 1 is 1.19 bits per heavy atom. The van der Waals surface area contributed by atoms with Crippen LogP contribution < -0.4 is 16.4 Å². The summed E-state index contributed by atoms with van der Waals surface area (Å²) < 4.78 is 0. The third-order valence-electron chi connectivity index (χ3n) is 3.32. The molecule has 21 heavy (non-hydrogen) atoms. The Hall–Kier alpha value is -1.88. The Labute approximate surface area is 126 Å². The minimum atomic E-state index is -0.114. The highest BCUT2D eigenvalue weighted by molar-refractivity contribution is 5.94. The van der Waals surface area contributed by atoms with Crippen LogP contribution in [-0.2, 0) is 4.79 Å². The minimum Gasteiger partial charge on any atom is -0.399 e. The number of Topliss-reactive ketones (excluding diaryl/α,β-unsaturated/α-hetero) is 1. The Bertz CT molecular complexity index is 457. The van der Waals surface area contributed by atoms with Crippen LogP contribution in [0.15, 0.2) is 24.3 Å². The van der Waals surface area contributed by atoms with Gasteiger partial charge in [0.2, 0.25) is 0 Å².